The van der Waals surface area contributed by atoms with Crippen LogP contribution in [0.1, 0.15) is 77.7 Å². The molecule has 0 radical (unpaired) electrons. The van der Waals surface area contributed by atoms with Crippen molar-refractivity contribution in [3.05, 3.63) is 41.7 Å². The summed E-state index contributed by atoms with van der Waals surface area (Å²) in [6.07, 6.45) is 14.7. The van der Waals surface area contributed by atoms with E-state index in [0.29, 0.717) is 24.2 Å². The normalized spacial score (nSPS) is 37.0. The molecule has 0 aliphatic heterocycles. The molecule has 0 aromatic carbocycles. The number of nitrogens with one attached hydrogen (secondary N) is 1. The van der Waals surface area contributed by atoms with E-state index >= 15 is 0 Å². The van der Waals surface area contributed by atoms with Gasteiger partial charge in [-0.2, -0.15) is 0 Å². The molecule has 1 heterocycles. The summed E-state index contributed by atoms with van der Waals surface area (Å²) in [7, 11) is 0. The van der Waals surface area contributed by atoms with E-state index in [0.717, 1.165) is 42.9 Å². The first-order chi connectivity index (χ1) is 16.8. The molecule has 0 spiro atoms. The van der Waals surface area contributed by atoms with E-state index < -0.39 is 0 Å². The van der Waals surface area contributed by atoms with Crippen LogP contribution in [0.4, 0.5) is 0 Å². The highest BCUT2D eigenvalue weighted by atomic mass is 16.6. The van der Waals surface area contributed by atoms with Crippen molar-refractivity contribution in [2.45, 2.75) is 78.7 Å². The summed E-state index contributed by atoms with van der Waals surface area (Å²) in [5.74, 6) is 2.62. The largest absolute Gasteiger partial charge is 0.385 e. The van der Waals surface area contributed by atoms with E-state index in [1.165, 1.54) is 31.3 Å². The minimum atomic E-state index is -0.175. The van der Waals surface area contributed by atoms with E-state index in [-0.39, 0.29) is 29.3 Å². The van der Waals surface area contributed by atoms with Crippen molar-refractivity contribution >= 4 is 17.4 Å². The molecule has 5 rings (SSSR count). The maximum absolute atomic E-state index is 12.4. The zero-order valence-corrected chi connectivity index (χ0v) is 21.4. The Morgan fingerprint density at radius 1 is 1.09 bits per heavy atom. The summed E-state index contributed by atoms with van der Waals surface area (Å²) in [5, 5.41) is 7.18. The predicted octanol–water partition coefficient (Wildman–Crippen LogP) is 5.24. The van der Waals surface area contributed by atoms with Gasteiger partial charge in [0.2, 0.25) is 0 Å². The number of hydrogen-bond acceptors (Lipinski definition) is 5. The lowest BCUT2D eigenvalue weighted by Gasteiger charge is -2.58. The second kappa shape index (κ2) is 9.51. The maximum Gasteiger partial charge on any atom is 0.261 e. The average molecular weight is 478 g/mol. The minimum Gasteiger partial charge on any atom is -0.385 e. The highest BCUT2D eigenvalue weighted by Gasteiger charge is 2.59. The summed E-state index contributed by atoms with van der Waals surface area (Å²) in [4.78, 5) is 33.9. The number of nitrogens with zero attached hydrogens (tertiary/aromatic N) is 2. The first kappa shape index (κ1) is 24.2. The summed E-state index contributed by atoms with van der Waals surface area (Å²) < 4.78 is 0. The van der Waals surface area contributed by atoms with Crippen LogP contribution in [0.25, 0.3) is 0 Å². The molecule has 0 saturated heterocycles. The van der Waals surface area contributed by atoms with E-state index in [2.05, 4.69) is 35.4 Å². The van der Waals surface area contributed by atoms with E-state index in [4.69, 9.17) is 4.84 Å². The van der Waals surface area contributed by atoms with Gasteiger partial charge in [-0.1, -0.05) is 24.6 Å². The van der Waals surface area contributed by atoms with Crippen molar-refractivity contribution in [3.63, 3.8) is 0 Å². The van der Waals surface area contributed by atoms with E-state index in [9.17, 15) is 9.59 Å². The number of allylic oxidation sites excluding steroid dienone is 2. The monoisotopic (exact) mass is 477 g/mol. The van der Waals surface area contributed by atoms with Gasteiger partial charge in [0.25, 0.3) is 5.91 Å². The van der Waals surface area contributed by atoms with Crippen molar-refractivity contribution in [1.29, 1.82) is 0 Å². The molecule has 1 aromatic rings. The molecule has 1 N–H and O–H groups in total. The Kier molecular flexibility index (Phi) is 6.58. The lowest BCUT2D eigenvalue weighted by atomic mass is 9.46. The molecule has 3 saturated carbocycles. The van der Waals surface area contributed by atoms with Crippen molar-refractivity contribution in [2.24, 2.45) is 39.7 Å². The summed E-state index contributed by atoms with van der Waals surface area (Å²) in [6.45, 7) is 7.08. The number of aromatic nitrogens is 1. The SMILES string of the molecule is CC(=O)[C@H]1CC[C@H]2[C@H]3CCC4=CC(=NOCC(=O)NCc5ccncc5)CC[C@]4(C)[C@H]3CC[C@]12C. The van der Waals surface area contributed by atoms with Crippen LogP contribution in [0.5, 0.6) is 0 Å². The van der Waals surface area contributed by atoms with Crippen LogP contribution >= 0.6 is 0 Å². The number of fused-ring (bicyclic) bond motifs is 5. The second-order valence-electron chi connectivity index (χ2n) is 11.8. The molecular weight excluding hydrogens is 438 g/mol. The first-order valence-corrected chi connectivity index (χ1v) is 13.4. The van der Waals surface area contributed by atoms with Gasteiger partial charge in [0, 0.05) is 24.9 Å². The zero-order valence-electron chi connectivity index (χ0n) is 21.4. The molecule has 0 bridgehead atoms. The number of amides is 1. The van der Waals surface area contributed by atoms with Crippen molar-refractivity contribution in [2.75, 3.05) is 6.61 Å². The number of rotatable bonds is 6. The minimum absolute atomic E-state index is 0.0721. The topological polar surface area (TPSA) is 80.6 Å². The van der Waals surface area contributed by atoms with Gasteiger partial charge >= 0.3 is 0 Å². The summed E-state index contributed by atoms with van der Waals surface area (Å²) >= 11 is 0. The highest BCUT2D eigenvalue weighted by Crippen LogP contribution is 2.66. The number of carbonyl (C=O) groups is 2. The Bertz CT molecular complexity index is 1030. The van der Waals surface area contributed by atoms with Gasteiger partial charge < -0.3 is 10.2 Å². The summed E-state index contributed by atoms with van der Waals surface area (Å²) in [6, 6.07) is 3.75. The number of ketones is 1. The Morgan fingerprint density at radius 3 is 2.66 bits per heavy atom. The average Bonchev–Trinajstić information content (AvgIpc) is 3.21. The number of hydrogen-bond donors (Lipinski definition) is 1. The van der Waals surface area contributed by atoms with Crippen molar-refractivity contribution in [1.82, 2.24) is 10.3 Å². The lowest BCUT2D eigenvalue weighted by molar-refractivity contribution is -0.128. The fourth-order valence-electron chi connectivity index (χ4n) is 8.24. The van der Waals surface area contributed by atoms with Crippen molar-refractivity contribution in [3.8, 4) is 0 Å². The van der Waals surface area contributed by atoms with Crippen LogP contribution in [0, 0.1) is 34.5 Å². The standard InChI is InChI=1S/C29H39N3O3/c1-19(33)24-6-7-25-23-5-4-21-16-22(8-12-28(21,2)26(23)9-13-29(24,25)3)32-35-18-27(34)31-17-20-10-14-30-15-11-20/h10-11,14-16,23-26H,4-9,12-13,17-18H2,1-3H3,(H,31,34)/t23-,24-,25+,26+,28+,29-/m1/s1. The van der Waals surface area contributed by atoms with Gasteiger partial charge in [0.1, 0.15) is 5.78 Å². The molecule has 4 aliphatic carbocycles. The van der Waals surface area contributed by atoms with E-state index in [1.54, 1.807) is 12.4 Å². The number of carbonyl (C=O) groups excluding carboxylic acids is 2. The number of Topliss-reactive ketones (excluding diaryl/α,β-unsaturated/α-hetero) is 1. The maximum atomic E-state index is 12.4. The number of pyridine rings is 1. The summed E-state index contributed by atoms with van der Waals surface area (Å²) in [5.41, 5.74) is 3.90. The molecule has 1 amide bonds. The van der Waals surface area contributed by atoms with Crippen LogP contribution in [0.2, 0.25) is 0 Å². The van der Waals surface area contributed by atoms with Gasteiger partial charge in [-0.15, -0.1) is 0 Å². The van der Waals surface area contributed by atoms with Crippen LogP contribution in [-0.4, -0.2) is 29.0 Å². The van der Waals surface area contributed by atoms with Gasteiger partial charge in [-0.05, 0) is 111 Å². The lowest BCUT2D eigenvalue weighted by Crippen LogP contribution is -2.51. The Morgan fingerprint density at radius 2 is 1.89 bits per heavy atom. The fraction of sp³-hybridized carbons (Fsp3) is 0.655. The van der Waals surface area contributed by atoms with Gasteiger partial charge in [0.15, 0.2) is 6.61 Å². The molecule has 6 heteroatoms. The number of oxime groups is 1. The smallest absolute Gasteiger partial charge is 0.261 e. The molecule has 35 heavy (non-hydrogen) atoms. The van der Waals surface area contributed by atoms with E-state index in [1.807, 2.05) is 19.1 Å². The van der Waals surface area contributed by atoms with Crippen molar-refractivity contribution < 1.29 is 14.4 Å². The zero-order chi connectivity index (χ0) is 24.6. The quantitative estimate of drug-likeness (QED) is 0.568. The third-order valence-electron chi connectivity index (χ3n) is 10.1. The fourth-order valence-corrected chi connectivity index (χ4v) is 8.24. The Balaban J connectivity index is 1.20. The van der Waals surface area contributed by atoms with Gasteiger partial charge in [-0.25, -0.2) is 0 Å². The van der Waals surface area contributed by atoms with Crippen LogP contribution in [0.15, 0.2) is 41.3 Å². The molecular formula is C29H39N3O3. The third-order valence-corrected chi connectivity index (χ3v) is 10.1. The van der Waals surface area contributed by atoms with Gasteiger partial charge in [0.05, 0.1) is 5.71 Å². The highest BCUT2D eigenvalue weighted by molar-refractivity contribution is 5.96. The Hall–Kier alpha value is -2.50. The molecule has 4 aliphatic rings. The molecule has 1 aromatic heterocycles. The molecule has 3 fully saturated rings. The molecule has 6 atom stereocenters. The molecule has 188 valence electrons. The van der Waals surface area contributed by atoms with Crippen LogP contribution in [-0.2, 0) is 21.0 Å². The van der Waals surface area contributed by atoms with Crippen LogP contribution in [0.3, 0.4) is 0 Å². The molecule has 0 unspecified atom stereocenters. The predicted molar refractivity (Wildman–Crippen MR) is 135 cm³/mol. The third kappa shape index (κ3) is 4.45. The Labute approximate surface area is 209 Å². The van der Waals surface area contributed by atoms with Gasteiger partial charge in [-0.3, -0.25) is 14.6 Å². The second-order valence-corrected chi connectivity index (χ2v) is 11.8. The van der Waals surface area contributed by atoms with Crippen LogP contribution < -0.4 is 5.32 Å². The first-order valence-electron chi connectivity index (χ1n) is 13.4. The molecule has 6 nitrogen and oxygen atoms in total.